The van der Waals surface area contributed by atoms with E-state index in [2.05, 4.69) is 46.0 Å². The molecular formula is C20H21N5S. The Kier molecular flexibility index (Phi) is 5.43. The van der Waals surface area contributed by atoms with Crippen LogP contribution in [0.2, 0.25) is 0 Å². The van der Waals surface area contributed by atoms with Gasteiger partial charge >= 0.3 is 0 Å². The van der Waals surface area contributed by atoms with E-state index in [1.807, 2.05) is 48.9 Å². The quantitative estimate of drug-likeness (QED) is 0.414. The first-order chi connectivity index (χ1) is 12.5. The van der Waals surface area contributed by atoms with Crippen LogP contribution in [-0.4, -0.2) is 20.4 Å². The molecule has 0 spiro atoms. The SMILES string of the molecule is C/C(=N/NC(=S)Nc1cc(C)ccc1C)c1ccc(-n2ccnc2)cc1. The topological polar surface area (TPSA) is 54.2 Å². The van der Waals surface area contributed by atoms with Gasteiger partial charge in [0.05, 0.1) is 12.0 Å². The molecule has 0 aliphatic rings. The smallest absolute Gasteiger partial charge is 0.191 e. The summed E-state index contributed by atoms with van der Waals surface area (Å²) in [5.74, 6) is 0. The second kappa shape index (κ2) is 7.93. The number of aromatic nitrogens is 2. The van der Waals surface area contributed by atoms with Crippen LogP contribution in [-0.2, 0) is 0 Å². The number of hydrogen-bond donors (Lipinski definition) is 2. The lowest BCUT2D eigenvalue weighted by atomic mass is 10.1. The summed E-state index contributed by atoms with van der Waals surface area (Å²) < 4.78 is 1.96. The van der Waals surface area contributed by atoms with E-state index < -0.39 is 0 Å². The van der Waals surface area contributed by atoms with E-state index in [-0.39, 0.29) is 0 Å². The largest absolute Gasteiger partial charge is 0.331 e. The summed E-state index contributed by atoms with van der Waals surface area (Å²) >= 11 is 5.34. The number of nitrogens with one attached hydrogen (secondary N) is 2. The van der Waals surface area contributed by atoms with E-state index in [0.717, 1.165) is 28.2 Å². The third-order valence-corrected chi connectivity index (χ3v) is 4.25. The average Bonchev–Trinajstić information content (AvgIpc) is 3.17. The molecular weight excluding hydrogens is 342 g/mol. The summed E-state index contributed by atoms with van der Waals surface area (Å²) in [4.78, 5) is 4.06. The lowest BCUT2D eigenvalue weighted by Crippen LogP contribution is -2.25. The van der Waals surface area contributed by atoms with Gasteiger partial charge in [-0.1, -0.05) is 24.3 Å². The maximum absolute atomic E-state index is 5.34. The molecule has 0 radical (unpaired) electrons. The molecule has 132 valence electrons. The van der Waals surface area contributed by atoms with E-state index in [0.29, 0.717) is 5.11 Å². The predicted molar refractivity (Wildman–Crippen MR) is 111 cm³/mol. The zero-order valence-corrected chi connectivity index (χ0v) is 15.8. The fourth-order valence-corrected chi connectivity index (χ4v) is 2.66. The highest BCUT2D eigenvalue weighted by Gasteiger charge is 2.03. The van der Waals surface area contributed by atoms with Crippen LogP contribution in [0.5, 0.6) is 0 Å². The Hall–Kier alpha value is -2.99. The Morgan fingerprint density at radius 3 is 2.58 bits per heavy atom. The standard InChI is InChI=1S/C20H21N5S/c1-14-4-5-15(2)19(12-14)22-20(26)24-23-16(3)17-6-8-18(9-7-17)25-11-10-21-13-25/h4-13H,1-3H3,(H2,22,24,26)/b23-16-. The molecule has 0 amide bonds. The molecule has 2 N–H and O–H groups in total. The van der Waals surface area contributed by atoms with Crippen LogP contribution in [0.4, 0.5) is 5.69 Å². The lowest BCUT2D eigenvalue weighted by Gasteiger charge is -2.11. The highest BCUT2D eigenvalue weighted by atomic mass is 32.1. The number of benzene rings is 2. The monoisotopic (exact) mass is 363 g/mol. The van der Waals surface area contributed by atoms with Crippen molar-refractivity contribution < 1.29 is 0 Å². The van der Waals surface area contributed by atoms with Crippen molar-refractivity contribution in [2.75, 3.05) is 5.32 Å². The summed E-state index contributed by atoms with van der Waals surface area (Å²) in [6.45, 7) is 6.04. The summed E-state index contributed by atoms with van der Waals surface area (Å²) in [6.07, 6.45) is 5.44. The molecule has 26 heavy (non-hydrogen) atoms. The molecule has 0 saturated heterocycles. The number of thiocarbonyl (C=S) groups is 1. The second-order valence-corrected chi connectivity index (χ2v) is 6.51. The third kappa shape index (κ3) is 4.34. The number of rotatable bonds is 4. The molecule has 0 atom stereocenters. The Morgan fingerprint density at radius 1 is 1.12 bits per heavy atom. The molecule has 0 saturated carbocycles. The van der Waals surface area contributed by atoms with E-state index in [9.17, 15) is 0 Å². The van der Waals surface area contributed by atoms with E-state index >= 15 is 0 Å². The summed E-state index contributed by atoms with van der Waals surface area (Å²) in [5, 5.41) is 8.03. The minimum Gasteiger partial charge on any atom is -0.331 e. The highest BCUT2D eigenvalue weighted by Crippen LogP contribution is 2.16. The Morgan fingerprint density at radius 2 is 1.88 bits per heavy atom. The first-order valence-corrected chi connectivity index (χ1v) is 8.71. The zero-order valence-electron chi connectivity index (χ0n) is 15.0. The van der Waals surface area contributed by atoms with Gasteiger partial charge in [0.1, 0.15) is 0 Å². The Labute approximate surface area is 158 Å². The second-order valence-electron chi connectivity index (χ2n) is 6.10. The van der Waals surface area contributed by atoms with Gasteiger partial charge in [0.2, 0.25) is 0 Å². The Balaban J connectivity index is 1.64. The van der Waals surface area contributed by atoms with Crippen LogP contribution in [0.1, 0.15) is 23.6 Å². The van der Waals surface area contributed by atoms with Gasteiger partial charge in [-0.3, -0.25) is 5.43 Å². The number of hydrazone groups is 1. The number of hydrogen-bond acceptors (Lipinski definition) is 3. The van der Waals surface area contributed by atoms with Crippen LogP contribution in [0.3, 0.4) is 0 Å². The van der Waals surface area contributed by atoms with Crippen LogP contribution in [0, 0.1) is 13.8 Å². The van der Waals surface area contributed by atoms with Crippen LogP contribution >= 0.6 is 12.2 Å². The van der Waals surface area contributed by atoms with Gasteiger partial charge in [-0.2, -0.15) is 5.10 Å². The fraction of sp³-hybridized carbons (Fsp3) is 0.150. The average molecular weight is 363 g/mol. The van der Waals surface area contributed by atoms with Crippen LogP contribution in [0.25, 0.3) is 5.69 Å². The fourth-order valence-electron chi connectivity index (χ4n) is 2.51. The van der Waals surface area contributed by atoms with Crippen molar-refractivity contribution in [3.63, 3.8) is 0 Å². The number of nitrogens with zero attached hydrogens (tertiary/aromatic N) is 3. The van der Waals surface area contributed by atoms with Crippen molar-refractivity contribution in [3.05, 3.63) is 77.9 Å². The van der Waals surface area contributed by atoms with Crippen molar-refractivity contribution in [2.24, 2.45) is 5.10 Å². The Bertz CT molecular complexity index is 927. The van der Waals surface area contributed by atoms with Crippen molar-refractivity contribution in [1.82, 2.24) is 15.0 Å². The van der Waals surface area contributed by atoms with Crippen LogP contribution in [0.15, 0.2) is 66.3 Å². The van der Waals surface area contributed by atoms with E-state index in [4.69, 9.17) is 12.2 Å². The van der Waals surface area contributed by atoms with Gasteiger partial charge in [0.15, 0.2) is 5.11 Å². The van der Waals surface area contributed by atoms with Crippen molar-refractivity contribution >= 4 is 28.7 Å². The van der Waals surface area contributed by atoms with Crippen LogP contribution < -0.4 is 10.7 Å². The normalized spacial score (nSPS) is 11.3. The lowest BCUT2D eigenvalue weighted by molar-refractivity contribution is 1.03. The molecule has 5 nitrogen and oxygen atoms in total. The molecule has 0 bridgehead atoms. The minimum atomic E-state index is 0.466. The van der Waals surface area contributed by atoms with E-state index in [1.165, 1.54) is 5.56 Å². The zero-order chi connectivity index (χ0) is 18.5. The molecule has 0 unspecified atom stereocenters. The molecule has 0 aliphatic carbocycles. The van der Waals surface area contributed by atoms with Crippen molar-refractivity contribution in [1.29, 1.82) is 0 Å². The number of aryl methyl sites for hydroxylation is 2. The predicted octanol–water partition coefficient (Wildman–Crippen LogP) is 4.20. The van der Waals surface area contributed by atoms with Gasteiger partial charge in [-0.25, -0.2) is 4.98 Å². The number of imidazole rings is 1. The summed E-state index contributed by atoms with van der Waals surface area (Å²) in [5.41, 5.74) is 9.14. The maximum atomic E-state index is 5.34. The molecule has 0 fully saturated rings. The minimum absolute atomic E-state index is 0.466. The van der Waals surface area contributed by atoms with E-state index in [1.54, 1.807) is 12.5 Å². The van der Waals surface area contributed by atoms with Gasteiger partial charge in [-0.05, 0) is 67.9 Å². The highest BCUT2D eigenvalue weighted by molar-refractivity contribution is 7.80. The first kappa shape index (κ1) is 17.8. The number of anilines is 1. The molecule has 1 aromatic heterocycles. The van der Waals surface area contributed by atoms with Gasteiger partial charge in [-0.15, -0.1) is 0 Å². The summed E-state index contributed by atoms with van der Waals surface area (Å²) in [6, 6.07) is 14.3. The van der Waals surface area contributed by atoms with Crippen molar-refractivity contribution in [2.45, 2.75) is 20.8 Å². The molecule has 6 heteroatoms. The molecule has 3 aromatic rings. The first-order valence-electron chi connectivity index (χ1n) is 8.30. The molecule has 0 aliphatic heterocycles. The maximum Gasteiger partial charge on any atom is 0.191 e. The molecule has 3 rings (SSSR count). The summed E-state index contributed by atoms with van der Waals surface area (Å²) in [7, 11) is 0. The van der Waals surface area contributed by atoms with Gasteiger partial charge in [0, 0.05) is 23.8 Å². The van der Waals surface area contributed by atoms with Gasteiger partial charge < -0.3 is 9.88 Å². The molecule has 1 heterocycles. The van der Waals surface area contributed by atoms with Crippen molar-refractivity contribution in [3.8, 4) is 5.69 Å². The van der Waals surface area contributed by atoms with Gasteiger partial charge in [0.25, 0.3) is 0 Å². The third-order valence-electron chi connectivity index (χ3n) is 4.05. The molecule has 2 aromatic carbocycles.